The number of nitrogens with one attached hydrogen (secondary N) is 3. The Morgan fingerprint density at radius 2 is 2.00 bits per heavy atom. The third kappa shape index (κ3) is 3.63. The second-order valence-corrected chi connectivity index (χ2v) is 8.90. The lowest BCUT2D eigenvalue weighted by Crippen LogP contribution is -2.68. The van der Waals surface area contributed by atoms with Crippen molar-refractivity contribution in [1.29, 1.82) is 0 Å². The number of rotatable bonds is 4. The molecule has 1 aromatic heterocycles. The van der Waals surface area contributed by atoms with Gasteiger partial charge in [-0.05, 0) is 50.2 Å². The first-order valence-electron chi connectivity index (χ1n) is 10.9. The van der Waals surface area contributed by atoms with Gasteiger partial charge in [0.15, 0.2) is 0 Å². The Morgan fingerprint density at radius 3 is 2.71 bits per heavy atom. The number of piperidine rings is 2. The van der Waals surface area contributed by atoms with Gasteiger partial charge in [0.25, 0.3) is 0 Å². The van der Waals surface area contributed by atoms with Crippen LogP contribution in [0.2, 0.25) is 0 Å². The van der Waals surface area contributed by atoms with Crippen molar-refractivity contribution in [1.82, 2.24) is 25.8 Å². The van der Waals surface area contributed by atoms with Crippen LogP contribution < -0.4 is 20.9 Å². The number of nitrogens with zero attached hydrogens (tertiary/aromatic N) is 3. The first-order chi connectivity index (χ1) is 13.7. The minimum atomic E-state index is -0.0452. The third-order valence-electron chi connectivity index (χ3n) is 6.76. The van der Waals surface area contributed by atoms with Crippen molar-refractivity contribution in [3.63, 3.8) is 0 Å². The van der Waals surface area contributed by atoms with E-state index in [0.29, 0.717) is 12.7 Å². The zero-order chi connectivity index (χ0) is 19.1. The Hall–Kier alpha value is -1.70. The van der Waals surface area contributed by atoms with Crippen LogP contribution in [0.1, 0.15) is 50.1 Å². The fraction of sp³-hybridized carbons (Fsp3) is 0.714. The van der Waals surface area contributed by atoms with Crippen LogP contribution in [0.5, 0.6) is 0 Å². The molecule has 0 spiro atoms. The summed E-state index contributed by atoms with van der Waals surface area (Å²) in [6.45, 7) is 2.87. The van der Waals surface area contributed by atoms with Gasteiger partial charge in [0.1, 0.15) is 5.82 Å². The molecule has 5 rings (SSSR count). The predicted molar refractivity (Wildman–Crippen MR) is 109 cm³/mol. The van der Waals surface area contributed by atoms with Crippen molar-refractivity contribution in [3.8, 4) is 0 Å². The monoisotopic (exact) mass is 384 g/mol. The summed E-state index contributed by atoms with van der Waals surface area (Å²) >= 11 is 0. The molecule has 28 heavy (non-hydrogen) atoms. The standard InChI is InChI=1S/C21H32N6O/c1-26-13-23-17-11-16(25-20(19(17)21(26)28)24-15-6-7-15)14-5-8-18(22-12-14)27-9-3-2-4-10-27/h5,8,12,15-17,19-20,23-25H,2-4,6-7,9-11,13H2,1H3. The normalized spacial score (nSPS) is 33.7. The fourth-order valence-corrected chi connectivity index (χ4v) is 4.93. The number of carbonyl (C=O) groups excluding carboxylic acids is 1. The summed E-state index contributed by atoms with van der Waals surface area (Å²) in [5, 5.41) is 11.0. The summed E-state index contributed by atoms with van der Waals surface area (Å²) in [4.78, 5) is 21.8. The van der Waals surface area contributed by atoms with E-state index < -0.39 is 0 Å². The van der Waals surface area contributed by atoms with Gasteiger partial charge in [-0.2, -0.15) is 0 Å². The van der Waals surface area contributed by atoms with Crippen molar-refractivity contribution >= 4 is 11.7 Å². The number of pyridine rings is 1. The fourth-order valence-electron chi connectivity index (χ4n) is 4.93. The Morgan fingerprint density at radius 1 is 1.18 bits per heavy atom. The minimum Gasteiger partial charge on any atom is -0.357 e. The van der Waals surface area contributed by atoms with Crippen LogP contribution in [0.4, 0.5) is 5.82 Å². The zero-order valence-corrected chi connectivity index (χ0v) is 16.7. The molecular formula is C21H32N6O. The number of carbonyl (C=O) groups is 1. The molecule has 4 unspecified atom stereocenters. The van der Waals surface area contributed by atoms with E-state index in [9.17, 15) is 4.79 Å². The highest BCUT2D eigenvalue weighted by Crippen LogP contribution is 2.33. The number of anilines is 1. The molecule has 0 aromatic carbocycles. The summed E-state index contributed by atoms with van der Waals surface area (Å²) in [6.07, 6.45) is 9.25. The average molecular weight is 385 g/mol. The molecular weight excluding hydrogens is 352 g/mol. The number of fused-ring (bicyclic) bond motifs is 1. The molecule has 4 atom stereocenters. The van der Waals surface area contributed by atoms with Crippen LogP contribution in [-0.2, 0) is 4.79 Å². The van der Waals surface area contributed by atoms with E-state index in [0.717, 1.165) is 25.3 Å². The third-order valence-corrected chi connectivity index (χ3v) is 6.76. The molecule has 7 nitrogen and oxygen atoms in total. The molecule has 3 saturated heterocycles. The Labute approximate surface area is 167 Å². The van der Waals surface area contributed by atoms with Gasteiger partial charge < -0.3 is 9.80 Å². The molecule has 0 bridgehead atoms. The highest BCUT2D eigenvalue weighted by Gasteiger charge is 2.46. The van der Waals surface area contributed by atoms with E-state index in [4.69, 9.17) is 4.98 Å². The van der Waals surface area contributed by atoms with E-state index in [-0.39, 0.29) is 30.1 Å². The van der Waals surface area contributed by atoms with E-state index in [1.165, 1.54) is 37.7 Å². The minimum absolute atomic E-state index is 0.0146. The summed E-state index contributed by atoms with van der Waals surface area (Å²) in [5.41, 5.74) is 1.22. The quantitative estimate of drug-likeness (QED) is 0.724. The van der Waals surface area contributed by atoms with Crippen molar-refractivity contribution < 1.29 is 4.79 Å². The van der Waals surface area contributed by atoms with Crippen LogP contribution >= 0.6 is 0 Å². The maximum absolute atomic E-state index is 12.8. The number of hydrogen-bond acceptors (Lipinski definition) is 6. The Kier molecular flexibility index (Phi) is 4.99. The van der Waals surface area contributed by atoms with Gasteiger partial charge >= 0.3 is 0 Å². The first kappa shape index (κ1) is 18.3. The maximum atomic E-state index is 12.8. The lowest BCUT2D eigenvalue weighted by Gasteiger charge is -2.47. The van der Waals surface area contributed by atoms with E-state index >= 15 is 0 Å². The molecule has 1 aromatic rings. The summed E-state index contributed by atoms with van der Waals surface area (Å²) < 4.78 is 0. The number of hydrogen-bond donors (Lipinski definition) is 3. The number of amides is 1. The first-order valence-corrected chi connectivity index (χ1v) is 10.9. The number of aromatic nitrogens is 1. The molecule has 4 heterocycles. The highest BCUT2D eigenvalue weighted by atomic mass is 16.2. The molecule has 1 amide bonds. The highest BCUT2D eigenvalue weighted by molar-refractivity contribution is 5.81. The topological polar surface area (TPSA) is 72.5 Å². The van der Waals surface area contributed by atoms with E-state index in [1.54, 1.807) is 4.90 Å². The molecule has 7 heteroatoms. The second-order valence-electron chi connectivity index (χ2n) is 8.90. The average Bonchev–Trinajstić information content (AvgIpc) is 3.55. The lowest BCUT2D eigenvalue weighted by atomic mass is 9.82. The van der Waals surface area contributed by atoms with Gasteiger partial charge in [0, 0.05) is 44.5 Å². The van der Waals surface area contributed by atoms with Gasteiger partial charge in [-0.3, -0.25) is 20.7 Å². The van der Waals surface area contributed by atoms with Gasteiger partial charge in [0.2, 0.25) is 5.91 Å². The van der Waals surface area contributed by atoms with Crippen LogP contribution in [0, 0.1) is 5.92 Å². The van der Waals surface area contributed by atoms with Crippen molar-refractivity contribution in [3.05, 3.63) is 23.9 Å². The molecule has 3 aliphatic heterocycles. The molecule has 1 saturated carbocycles. The van der Waals surface area contributed by atoms with E-state index in [1.807, 2.05) is 13.2 Å². The smallest absolute Gasteiger partial charge is 0.230 e. The Bertz CT molecular complexity index is 699. The summed E-state index contributed by atoms with van der Waals surface area (Å²) in [5.74, 6) is 1.29. The largest absolute Gasteiger partial charge is 0.357 e. The molecule has 152 valence electrons. The SMILES string of the molecule is CN1CNC2CC(c3ccc(N4CCCCC4)nc3)NC(NC3CC3)C2C1=O. The van der Waals surface area contributed by atoms with Crippen LogP contribution in [0.25, 0.3) is 0 Å². The van der Waals surface area contributed by atoms with E-state index in [2.05, 4.69) is 33.0 Å². The Balaban J connectivity index is 1.33. The molecule has 4 aliphatic rings. The van der Waals surface area contributed by atoms with Crippen LogP contribution in [0.15, 0.2) is 18.3 Å². The molecule has 0 radical (unpaired) electrons. The summed E-state index contributed by atoms with van der Waals surface area (Å²) in [7, 11) is 1.88. The van der Waals surface area contributed by atoms with Crippen LogP contribution in [-0.4, -0.2) is 60.8 Å². The van der Waals surface area contributed by atoms with Gasteiger partial charge in [-0.25, -0.2) is 4.98 Å². The van der Waals surface area contributed by atoms with Crippen LogP contribution in [0.3, 0.4) is 0 Å². The van der Waals surface area contributed by atoms with Crippen molar-refractivity contribution in [2.24, 2.45) is 5.92 Å². The van der Waals surface area contributed by atoms with Gasteiger partial charge in [0.05, 0.1) is 18.8 Å². The zero-order valence-electron chi connectivity index (χ0n) is 16.7. The maximum Gasteiger partial charge on any atom is 0.230 e. The van der Waals surface area contributed by atoms with Crippen molar-refractivity contribution in [2.75, 3.05) is 31.7 Å². The van der Waals surface area contributed by atoms with Crippen molar-refractivity contribution in [2.45, 2.75) is 62.8 Å². The molecule has 3 N–H and O–H groups in total. The van der Waals surface area contributed by atoms with Gasteiger partial charge in [-0.1, -0.05) is 6.07 Å². The second kappa shape index (κ2) is 7.61. The summed E-state index contributed by atoms with van der Waals surface area (Å²) in [6, 6.07) is 5.36. The van der Waals surface area contributed by atoms with Gasteiger partial charge in [-0.15, -0.1) is 0 Å². The predicted octanol–water partition coefficient (Wildman–Crippen LogP) is 1.19. The lowest BCUT2D eigenvalue weighted by molar-refractivity contribution is -0.142. The molecule has 1 aliphatic carbocycles. The molecule has 4 fully saturated rings.